The minimum Gasteiger partial charge on any atom is -0.455 e. The first-order chi connectivity index (χ1) is 16.2. The van der Waals surface area contributed by atoms with Gasteiger partial charge in [-0.2, -0.15) is 0 Å². The minimum absolute atomic E-state index is 0.0654. The van der Waals surface area contributed by atoms with Gasteiger partial charge in [-0.1, -0.05) is 18.6 Å². The molecule has 2 aliphatic heterocycles. The van der Waals surface area contributed by atoms with E-state index in [1.807, 2.05) is 26.8 Å². The van der Waals surface area contributed by atoms with Crippen molar-refractivity contribution in [2.45, 2.75) is 114 Å². The van der Waals surface area contributed by atoms with E-state index in [0.717, 1.165) is 12.0 Å². The lowest BCUT2D eigenvalue weighted by Gasteiger charge is -2.63. The van der Waals surface area contributed by atoms with Gasteiger partial charge in [0.25, 0.3) is 0 Å². The van der Waals surface area contributed by atoms with Crippen molar-refractivity contribution >= 4 is 11.8 Å². The lowest BCUT2D eigenvalue weighted by molar-refractivity contribution is -0.282. The molecule has 3 N–H and O–H groups in total. The summed E-state index contributed by atoms with van der Waals surface area (Å²) in [6, 6.07) is 0. The fourth-order valence-corrected chi connectivity index (χ4v) is 9.34. The van der Waals surface area contributed by atoms with Crippen LogP contribution >= 0.6 is 0 Å². The number of esters is 1. The van der Waals surface area contributed by atoms with E-state index in [-0.39, 0.29) is 30.1 Å². The number of carbonyl (C=O) groups excluding carboxylic acids is 2. The number of epoxide rings is 1. The van der Waals surface area contributed by atoms with Crippen LogP contribution in [0.2, 0.25) is 0 Å². The monoisotopic (exact) mass is 486 g/mol. The summed E-state index contributed by atoms with van der Waals surface area (Å²) in [5, 5.41) is 36.7. The summed E-state index contributed by atoms with van der Waals surface area (Å²) in [6.45, 7) is 9.00. The quantitative estimate of drug-likeness (QED) is 0.406. The summed E-state index contributed by atoms with van der Waals surface area (Å²) in [7, 11) is 0. The van der Waals surface area contributed by atoms with E-state index in [9.17, 15) is 24.9 Å². The summed E-state index contributed by atoms with van der Waals surface area (Å²) in [4.78, 5) is 25.8. The Hall–Kier alpha value is -1.54. The van der Waals surface area contributed by atoms with E-state index >= 15 is 0 Å². The van der Waals surface area contributed by atoms with E-state index in [1.54, 1.807) is 19.9 Å². The van der Waals surface area contributed by atoms with Crippen molar-refractivity contribution in [1.82, 2.24) is 0 Å². The maximum absolute atomic E-state index is 13.3. The normalized spacial score (nSPS) is 54.3. The van der Waals surface area contributed by atoms with Crippen molar-refractivity contribution in [2.75, 3.05) is 0 Å². The van der Waals surface area contributed by atoms with Gasteiger partial charge in [0.1, 0.15) is 22.9 Å². The smallest absolute Gasteiger partial charge is 0.334 e. The second kappa shape index (κ2) is 6.66. The summed E-state index contributed by atoms with van der Waals surface area (Å²) < 4.78 is 11.9. The van der Waals surface area contributed by atoms with Crippen LogP contribution in [-0.4, -0.2) is 61.7 Å². The zero-order chi connectivity index (χ0) is 25.4. The van der Waals surface area contributed by atoms with Gasteiger partial charge in [-0.05, 0) is 84.1 Å². The summed E-state index contributed by atoms with van der Waals surface area (Å²) >= 11 is 0. The lowest BCUT2D eigenvalue weighted by Crippen LogP contribution is -2.73. The first-order valence-corrected chi connectivity index (χ1v) is 13.1. The second-order valence-electron chi connectivity index (χ2n) is 12.9. The number of aliphatic hydroxyl groups is 3. The first kappa shape index (κ1) is 23.8. The maximum Gasteiger partial charge on any atom is 0.334 e. The van der Waals surface area contributed by atoms with Gasteiger partial charge < -0.3 is 24.8 Å². The van der Waals surface area contributed by atoms with Gasteiger partial charge in [-0.25, -0.2) is 4.79 Å². The predicted molar refractivity (Wildman–Crippen MR) is 126 cm³/mol. The molecule has 2 heterocycles. The molecule has 1 saturated heterocycles. The highest BCUT2D eigenvalue weighted by molar-refractivity contribution is 5.97. The van der Waals surface area contributed by atoms with Crippen LogP contribution in [0.5, 0.6) is 0 Å². The molecule has 6 aliphatic rings. The molecular formula is C28H38O7. The number of allylic oxidation sites excluding steroid dienone is 1. The minimum atomic E-state index is -1.77. The molecule has 0 amide bonds. The third-order valence-corrected chi connectivity index (χ3v) is 12.0. The third kappa shape index (κ3) is 2.42. The Bertz CT molecular complexity index is 1090. The second-order valence-corrected chi connectivity index (χ2v) is 12.9. The average Bonchev–Trinajstić information content (AvgIpc) is 3.46. The molecule has 35 heavy (non-hydrogen) atoms. The van der Waals surface area contributed by atoms with Crippen LogP contribution in [-0.2, 0) is 19.1 Å². The third-order valence-electron chi connectivity index (χ3n) is 12.0. The SMILES string of the molecule is CC1=C(C)C(=O)O[C@@H]([C@](C)(O)[C@]2(O)CC[C@@]3(O)[C@@H]4C[C@H]5O[C@@]56CC=CC(=O)[C@]6(C)[C@H]4CC[C@]23C)C1. The number of carbonyl (C=O) groups is 2. The van der Waals surface area contributed by atoms with Gasteiger partial charge in [-0.3, -0.25) is 4.79 Å². The van der Waals surface area contributed by atoms with Crippen LogP contribution in [0, 0.1) is 22.7 Å². The molecule has 0 unspecified atom stereocenters. The fourth-order valence-electron chi connectivity index (χ4n) is 9.34. The Morgan fingerprint density at radius 1 is 1.09 bits per heavy atom. The molecule has 3 saturated carbocycles. The zero-order valence-corrected chi connectivity index (χ0v) is 21.4. The lowest BCUT2D eigenvalue weighted by atomic mass is 9.42. The van der Waals surface area contributed by atoms with E-state index in [1.165, 1.54) is 0 Å². The highest BCUT2D eigenvalue weighted by Gasteiger charge is 2.82. The van der Waals surface area contributed by atoms with Crippen molar-refractivity contribution in [2.24, 2.45) is 22.7 Å². The molecule has 7 nitrogen and oxygen atoms in total. The Morgan fingerprint density at radius 2 is 1.80 bits per heavy atom. The van der Waals surface area contributed by atoms with Gasteiger partial charge in [0.05, 0.1) is 17.1 Å². The van der Waals surface area contributed by atoms with Crippen LogP contribution in [0.3, 0.4) is 0 Å². The number of ketones is 1. The van der Waals surface area contributed by atoms with Gasteiger partial charge in [0, 0.05) is 17.4 Å². The Labute approximate surface area is 206 Å². The highest BCUT2D eigenvalue weighted by Crippen LogP contribution is 2.75. The molecule has 0 aromatic heterocycles. The molecule has 4 aliphatic carbocycles. The molecule has 10 atom stereocenters. The Morgan fingerprint density at radius 3 is 2.49 bits per heavy atom. The van der Waals surface area contributed by atoms with Gasteiger partial charge in [0.15, 0.2) is 5.78 Å². The molecule has 0 aromatic rings. The molecule has 0 radical (unpaired) electrons. The van der Waals surface area contributed by atoms with E-state index in [0.29, 0.717) is 37.7 Å². The molecule has 7 heteroatoms. The van der Waals surface area contributed by atoms with Gasteiger partial charge in [0.2, 0.25) is 0 Å². The standard InChI is InChI=1S/C28H38O7/c1-15-13-20(34-22(30)16(15)2)25(5,31)28(33)12-11-26(32)18-14-21-27(35-21)9-6-7-19(29)24(27,4)17(18)8-10-23(26,28)3/h6-7,17-18,20-21,31-33H,8-14H2,1-5H3/t17-,18+,20+,21+,23-,24-,25-,26+,27-,28-/m0/s1. The zero-order valence-electron chi connectivity index (χ0n) is 21.4. The van der Waals surface area contributed by atoms with Crippen LogP contribution in [0.4, 0.5) is 0 Å². The highest BCUT2D eigenvalue weighted by atomic mass is 16.6. The van der Waals surface area contributed by atoms with Gasteiger partial charge in [-0.15, -0.1) is 0 Å². The first-order valence-electron chi connectivity index (χ1n) is 13.1. The van der Waals surface area contributed by atoms with Crippen molar-refractivity contribution in [3.63, 3.8) is 0 Å². The topological polar surface area (TPSA) is 117 Å². The summed E-state index contributed by atoms with van der Waals surface area (Å²) in [5.74, 6) is -0.703. The van der Waals surface area contributed by atoms with Crippen LogP contribution < -0.4 is 0 Å². The van der Waals surface area contributed by atoms with Crippen molar-refractivity contribution in [1.29, 1.82) is 0 Å². The van der Waals surface area contributed by atoms with Crippen molar-refractivity contribution in [3.8, 4) is 0 Å². The predicted octanol–water partition coefficient (Wildman–Crippen LogP) is 2.75. The number of fused-ring (bicyclic) bond motifs is 4. The molecule has 192 valence electrons. The summed E-state index contributed by atoms with van der Waals surface area (Å²) in [5.41, 5.74) is -5.56. The number of ether oxygens (including phenoxy) is 2. The maximum atomic E-state index is 13.3. The average molecular weight is 487 g/mol. The molecule has 0 bridgehead atoms. The Balaban J connectivity index is 1.39. The largest absolute Gasteiger partial charge is 0.455 e. The van der Waals surface area contributed by atoms with Crippen molar-refractivity contribution < 1.29 is 34.4 Å². The summed E-state index contributed by atoms with van der Waals surface area (Å²) in [6.07, 6.45) is 5.91. The number of hydrogen-bond acceptors (Lipinski definition) is 7. The van der Waals surface area contributed by atoms with Crippen LogP contribution in [0.15, 0.2) is 23.3 Å². The van der Waals surface area contributed by atoms with Crippen molar-refractivity contribution in [3.05, 3.63) is 23.3 Å². The van der Waals surface area contributed by atoms with Gasteiger partial charge >= 0.3 is 5.97 Å². The molecule has 4 fully saturated rings. The van der Waals surface area contributed by atoms with Crippen LogP contribution in [0.1, 0.15) is 79.6 Å². The Kier molecular flexibility index (Phi) is 4.53. The van der Waals surface area contributed by atoms with Crippen LogP contribution in [0.25, 0.3) is 0 Å². The van der Waals surface area contributed by atoms with E-state index in [2.05, 4.69) is 0 Å². The molecule has 0 aromatic carbocycles. The molecular weight excluding hydrogens is 448 g/mol. The molecule has 6 rings (SSSR count). The number of cyclic esters (lactones) is 1. The number of hydrogen-bond donors (Lipinski definition) is 3. The fraction of sp³-hybridized carbons (Fsp3) is 0.786. The molecule has 1 spiro atoms. The van der Waals surface area contributed by atoms with E-state index in [4.69, 9.17) is 9.47 Å². The van der Waals surface area contributed by atoms with E-state index < -0.39 is 45.3 Å². The number of rotatable bonds is 2.